The lowest BCUT2D eigenvalue weighted by Gasteiger charge is -2.21. The van der Waals surface area contributed by atoms with Crippen LogP contribution < -0.4 is 25.6 Å². The number of anilines is 1. The maximum atomic E-state index is 14.0. The van der Waals surface area contributed by atoms with E-state index in [-0.39, 0.29) is 50.6 Å². The van der Waals surface area contributed by atoms with Crippen LogP contribution in [0.5, 0.6) is 5.75 Å². The van der Waals surface area contributed by atoms with E-state index in [1.165, 1.54) is 24.3 Å². The molecule has 2 aliphatic carbocycles. The normalized spacial score (nSPS) is 11.0. The smallest absolute Gasteiger partial charge is 0.373 e. The molecular formula is C46H34Cl2N3O9+. The second-order valence-corrected chi connectivity index (χ2v) is 15.0. The Morgan fingerprint density at radius 3 is 2.05 bits per heavy atom. The van der Waals surface area contributed by atoms with Crippen molar-refractivity contribution in [1.82, 2.24) is 9.89 Å². The monoisotopic (exact) mass is 842 g/mol. The molecule has 3 N–H and O–H groups in total. The van der Waals surface area contributed by atoms with Crippen LogP contribution in [-0.2, 0) is 16.1 Å². The van der Waals surface area contributed by atoms with Gasteiger partial charge in [-0.25, -0.2) is 9.37 Å². The molecule has 0 radical (unpaired) electrons. The zero-order valence-corrected chi connectivity index (χ0v) is 33.9. The van der Waals surface area contributed by atoms with Crippen LogP contribution in [0, 0.1) is 0 Å². The first-order valence-electron chi connectivity index (χ1n) is 18.2. The van der Waals surface area contributed by atoms with Gasteiger partial charge in [-0.15, -0.1) is 0 Å². The number of carbonyl (C=O) groups excluding carboxylic acids is 3. The Balaban J connectivity index is 0.00000176. The van der Waals surface area contributed by atoms with E-state index in [1.807, 2.05) is 98.3 Å². The number of hydrogen-bond donors (Lipinski definition) is 3. The average molecular weight is 844 g/mol. The number of aromatic hydroxyl groups is 1. The molecule has 0 atom stereocenters. The first-order valence-corrected chi connectivity index (χ1v) is 19.0. The van der Waals surface area contributed by atoms with Crippen molar-refractivity contribution in [3.63, 3.8) is 0 Å². The fourth-order valence-corrected chi connectivity index (χ4v) is 7.78. The Labute approximate surface area is 351 Å². The molecule has 0 bridgehead atoms. The van der Waals surface area contributed by atoms with Crippen molar-refractivity contribution in [1.29, 1.82) is 0 Å². The number of phenols is 1. The van der Waals surface area contributed by atoms with Crippen molar-refractivity contribution in [3.05, 3.63) is 145 Å². The quantitative estimate of drug-likeness (QED) is 0.105. The number of carboxylic acids is 1. The van der Waals surface area contributed by atoms with Crippen molar-refractivity contribution in [2.24, 2.45) is 0 Å². The summed E-state index contributed by atoms with van der Waals surface area (Å²) in [6.45, 7) is 0.110. The first kappa shape index (κ1) is 40.9. The van der Waals surface area contributed by atoms with Crippen molar-refractivity contribution in [2.45, 2.75) is 6.54 Å². The standard InChI is InChI=1S/C45H33Cl2N3O7.CO2/c1-49(2)25-9-13-31-35(17-25)56-36-18-26(50(3)4)10-14-32(36)40(31)42-41(45(54)55)34(46)21-33(43(42)47)44(53)48-22-23-5-7-24(8-6-23)39-29-15-11-27(51)19-37(29)57-38-20-28(52)12-16-30(38)39;2-1-3/h5-21H,22H2,1-4H3,(H2-,48,51,52,53,54,55);/p+1. The topological polar surface area (TPSA) is 170 Å². The maximum absolute atomic E-state index is 14.0. The van der Waals surface area contributed by atoms with Gasteiger partial charge in [-0.1, -0.05) is 47.5 Å². The molecule has 0 unspecified atom stereocenters. The molecule has 12 nitrogen and oxygen atoms in total. The third-order valence-corrected chi connectivity index (χ3v) is 10.7. The van der Waals surface area contributed by atoms with Crippen LogP contribution in [0.4, 0.5) is 5.69 Å². The van der Waals surface area contributed by atoms with Crippen LogP contribution in [0.2, 0.25) is 10.0 Å². The number of halogens is 2. The summed E-state index contributed by atoms with van der Waals surface area (Å²) in [5, 5.41) is 25.5. The van der Waals surface area contributed by atoms with Crippen LogP contribution in [-0.4, -0.2) is 56.4 Å². The Morgan fingerprint density at radius 1 is 0.767 bits per heavy atom. The minimum Gasteiger partial charge on any atom is -0.508 e. The molecule has 0 spiro atoms. The predicted octanol–water partition coefficient (Wildman–Crippen LogP) is 8.24. The zero-order chi connectivity index (χ0) is 43.0. The molecule has 4 aliphatic rings. The lowest BCUT2D eigenvalue weighted by molar-refractivity contribution is -0.191. The number of benzene rings is 6. The van der Waals surface area contributed by atoms with Crippen LogP contribution in [0.15, 0.2) is 117 Å². The Kier molecular flexibility index (Phi) is 11.3. The molecule has 0 aromatic heterocycles. The van der Waals surface area contributed by atoms with E-state index in [1.54, 1.807) is 18.2 Å². The number of rotatable bonds is 7. The van der Waals surface area contributed by atoms with Crippen molar-refractivity contribution >= 4 is 68.9 Å². The highest BCUT2D eigenvalue weighted by molar-refractivity contribution is 6.41. The molecule has 1 amide bonds. The minimum atomic E-state index is -1.31. The van der Waals surface area contributed by atoms with E-state index in [4.69, 9.17) is 41.6 Å². The van der Waals surface area contributed by atoms with Crippen LogP contribution in [0.3, 0.4) is 0 Å². The molecule has 60 heavy (non-hydrogen) atoms. The van der Waals surface area contributed by atoms with Crippen molar-refractivity contribution in [3.8, 4) is 50.7 Å². The number of nitrogens with zero attached hydrogens (tertiary/aromatic N) is 2. The van der Waals surface area contributed by atoms with Gasteiger partial charge in [0, 0.05) is 89.2 Å². The van der Waals surface area contributed by atoms with Crippen molar-refractivity contribution in [2.75, 3.05) is 33.1 Å². The molecule has 0 saturated carbocycles. The summed E-state index contributed by atoms with van der Waals surface area (Å²) in [4.78, 5) is 57.2. The lowest BCUT2D eigenvalue weighted by atomic mass is 9.89. The second-order valence-electron chi connectivity index (χ2n) is 14.2. The number of aromatic carboxylic acids is 1. The van der Waals surface area contributed by atoms with Gasteiger partial charge in [0.15, 0.2) is 5.43 Å². The highest BCUT2D eigenvalue weighted by Crippen LogP contribution is 2.47. The first-order chi connectivity index (χ1) is 28.7. The van der Waals surface area contributed by atoms with E-state index in [0.717, 1.165) is 38.7 Å². The molecule has 8 rings (SSSR count). The van der Waals surface area contributed by atoms with Crippen molar-refractivity contribution < 1.29 is 38.2 Å². The summed E-state index contributed by atoms with van der Waals surface area (Å²) >= 11 is 13.9. The highest BCUT2D eigenvalue weighted by Gasteiger charge is 2.30. The summed E-state index contributed by atoms with van der Waals surface area (Å²) in [7, 11) is 7.63. The van der Waals surface area contributed by atoms with Gasteiger partial charge in [0.25, 0.3) is 5.91 Å². The Morgan fingerprint density at radius 2 is 1.38 bits per heavy atom. The number of nitrogens with one attached hydrogen (secondary N) is 1. The molecule has 2 heterocycles. The number of carboxylic acid groups (broad SMARTS) is 1. The maximum Gasteiger partial charge on any atom is 0.373 e. The molecule has 300 valence electrons. The van der Waals surface area contributed by atoms with E-state index in [0.29, 0.717) is 39.2 Å². The summed E-state index contributed by atoms with van der Waals surface area (Å²) < 4.78 is 14.3. The fourth-order valence-electron chi connectivity index (χ4n) is 7.17. The van der Waals surface area contributed by atoms with Gasteiger partial charge in [0.2, 0.25) is 5.36 Å². The molecule has 0 saturated heterocycles. The Bertz CT molecular complexity index is 3120. The molecular weight excluding hydrogens is 809 g/mol. The third kappa shape index (κ3) is 7.70. The van der Waals surface area contributed by atoms with Gasteiger partial charge in [-0.2, -0.15) is 9.59 Å². The zero-order valence-electron chi connectivity index (χ0n) is 32.4. The minimum absolute atomic E-state index is 0.00201. The molecule has 4 aromatic carbocycles. The third-order valence-electron chi connectivity index (χ3n) is 10.0. The number of amides is 1. The molecule has 0 fully saturated rings. The van der Waals surface area contributed by atoms with Gasteiger partial charge in [0.05, 0.1) is 27.2 Å². The van der Waals surface area contributed by atoms with Gasteiger partial charge in [-0.3, -0.25) is 9.59 Å². The van der Waals surface area contributed by atoms with Gasteiger partial charge < -0.3 is 29.3 Å². The van der Waals surface area contributed by atoms with E-state index in [2.05, 4.69) is 5.32 Å². The van der Waals surface area contributed by atoms with E-state index >= 15 is 0 Å². The number of fused-ring (bicyclic) bond motifs is 4. The summed E-state index contributed by atoms with van der Waals surface area (Å²) in [5.74, 6) is -0.957. The lowest BCUT2D eigenvalue weighted by Crippen LogP contribution is -2.24. The summed E-state index contributed by atoms with van der Waals surface area (Å²) in [5.41, 5.74) is 5.61. The molecule has 4 aromatic rings. The SMILES string of the molecule is CN(C)c1ccc2c(-c3c(Cl)c(C(=O)NCc4ccc(-c5c6ccc(=O)cc-6oc6cc(O)ccc56)cc4)cc(Cl)c3C(=O)O)c3ccc(=[N+](C)C)cc-3oc2c1.O=C=O. The number of hydrogen-bond acceptors (Lipinski definition) is 9. The van der Waals surface area contributed by atoms with E-state index < -0.39 is 11.9 Å². The molecule has 14 heteroatoms. The highest BCUT2D eigenvalue weighted by atomic mass is 35.5. The number of phenolic OH excluding ortho intramolecular Hbond substituents is 1. The van der Waals surface area contributed by atoms with Gasteiger partial charge >= 0.3 is 12.1 Å². The summed E-state index contributed by atoms with van der Waals surface area (Å²) in [6.07, 6.45) is 0.250. The number of carbonyl (C=O) groups is 2. The second kappa shape index (κ2) is 16.6. The fraction of sp³-hybridized carbons (Fsp3) is 0.109. The average Bonchev–Trinajstić information content (AvgIpc) is 3.21. The van der Waals surface area contributed by atoms with Gasteiger partial charge in [0.1, 0.15) is 42.5 Å². The van der Waals surface area contributed by atoms with Gasteiger partial charge in [-0.05, 0) is 59.7 Å². The van der Waals surface area contributed by atoms with E-state index in [9.17, 15) is 24.6 Å². The Hall–Kier alpha value is -7.24. The van der Waals surface area contributed by atoms with Crippen LogP contribution in [0.1, 0.15) is 26.3 Å². The molecule has 2 aliphatic heterocycles. The van der Waals surface area contributed by atoms with Crippen LogP contribution >= 0.6 is 23.2 Å². The van der Waals surface area contributed by atoms with Crippen LogP contribution in [0.25, 0.3) is 66.8 Å². The largest absolute Gasteiger partial charge is 0.508 e. The summed E-state index contributed by atoms with van der Waals surface area (Å²) in [6, 6.07) is 29.5. The predicted molar refractivity (Wildman–Crippen MR) is 229 cm³/mol.